The van der Waals surface area contributed by atoms with Crippen LogP contribution in [0.3, 0.4) is 0 Å². The molecule has 1 saturated carbocycles. The van der Waals surface area contributed by atoms with Gasteiger partial charge in [-0.3, -0.25) is 4.79 Å². The molecule has 5 nitrogen and oxygen atoms in total. The van der Waals surface area contributed by atoms with Gasteiger partial charge in [0.05, 0.1) is 23.5 Å². The lowest BCUT2D eigenvalue weighted by Gasteiger charge is -2.21. The monoisotopic (exact) mass is 294 g/mol. The number of imidazole rings is 1. The lowest BCUT2D eigenvalue weighted by atomic mass is 10.00. The van der Waals surface area contributed by atoms with Crippen LogP contribution in [0.25, 0.3) is 0 Å². The van der Waals surface area contributed by atoms with E-state index < -0.39 is 0 Å². The van der Waals surface area contributed by atoms with Crippen molar-refractivity contribution < 1.29 is 4.79 Å². The molecule has 1 amide bonds. The Morgan fingerprint density at radius 3 is 3.00 bits per heavy atom. The number of benzene rings is 1. The summed E-state index contributed by atoms with van der Waals surface area (Å²) in [5.74, 6) is -0.0912. The first-order valence-corrected chi connectivity index (χ1v) is 7.43. The Morgan fingerprint density at radius 1 is 1.55 bits per heavy atom. The predicted octanol–water partition coefficient (Wildman–Crippen LogP) is 2.27. The van der Waals surface area contributed by atoms with Gasteiger partial charge in [-0.1, -0.05) is 19.1 Å². The van der Waals surface area contributed by atoms with Crippen molar-refractivity contribution >= 4 is 5.91 Å². The molecule has 0 saturated heterocycles. The number of aromatic amines is 1. The predicted molar refractivity (Wildman–Crippen MR) is 81.7 cm³/mol. The van der Waals surface area contributed by atoms with E-state index in [2.05, 4.69) is 21.4 Å². The van der Waals surface area contributed by atoms with Gasteiger partial charge in [-0.15, -0.1) is 0 Å². The van der Waals surface area contributed by atoms with E-state index in [0.717, 1.165) is 24.1 Å². The van der Waals surface area contributed by atoms with E-state index in [4.69, 9.17) is 5.26 Å². The summed E-state index contributed by atoms with van der Waals surface area (Å²) in [6.07, 6.45) is 5.84. The van der Waals surface area contributed by atoms with Crippen LogP contribution in [0.2, 0.25) is 0 Å². The number of H-pyrrole nitrogens is 1. The zero-order chi connectivity index (χ0) is 15.6. The van der Waals surface area contributed by atoms with Crippen molar-refractivity contribution in [3.05, 3.63) is 53.6 Å². The molecule has 112 valence electrons. The van der Waals surface area contributed by atoms with Gasteiger partial charge in [0.15, 0.2) is 0 Å². The number of carbonyl (C=O) groups excluding carboxylic acids is 1. The molecule has 22 heavy (non-hydrogen) atoms. The molecule has 0 aliphatic heterocycles. The summed E-state index contributed by atoms with van der Waals surface area (Å²) in [7, 11) is 0. The molecule has 1 atom stereocenters. The quantitative estimate of drug-likeness (QED) is 0.887. The number of rotatable bonds is 5. The summed E-state index contributed by atoms with van der Waals surface area (Å²) >= 11 is 0. The van der Waals surface area contributed by atoms with E-state index in [0.29, 0.717) is 12.0 Å². The largest absolute Gasteiger partial charge is 0.348 e. The second-order valence-corrected chi connectivity index (χ2v) is 5.95. The molecule has 1 aromatic carbocycles. The van der Waals surface area contributed by atoms with Crippen molar-refractivity contribution in [2.75, 3.05) is 0 Å². The van der Waals surface area contributed by atoms with E-state index in [1.807, 2.05) is 25.1 Å². The summed E-state index contributed by atoms with van der Waals surface area (Å²) in [5, 5.41) is 12.2. The molecule has 0 unspecified atom stereocenters. The number of hydrogen-bond donors (Lipinski definition) is 2. The number of nitrogens with one attached hydrogen (secondary N) is 2. The van der Waals surface area contributed by atoms with Crippen LogP contribution in [0.15, 0.2) is 36.8 Å². The molecule has 1 aliphatic carbocycles. The number of carbonyl (C=O) groups is 1. The molecule has 2 aromatic rings. The first-order chi connectivity index (χ1) is 10.6. The maximum absolute atomic E-state index is 12.4. The molecule has 1 fully saturated rings. The Hall–Kier alpha value is -2.61. The molecular formula is C17H18N4O. The third-order valence-corrected chi connectivity index (χ3v) is 4.19. The normalized spacial score (nSPS) is 16.5. The molecule has 2 N–H and O–H groups in total. The van der Waals surface area contributed by atoms with Gasteiger partial charge in [0.1, 0.15) is 0 Å². The van der Waals surface area contributed by atoms with Crippen LogP contribution in [-0.4, -0.2) is 15.9 Å². The Bertz CT molecular complexity index is 711. The van der Waals surface area contributed by atoms with Crippen molar-refractivity contribution in [2.45, 2.75) is 31.7 Å². The minimum Gasteiger partial charge on any atom is -0.348 e. The van der Waals surface area contributed by atoms with Crippen LogP contribution in [-0.2, 0) is 16.8 Å². The summed E-state index contributed by atoms with van der Waals surface area (Å²) in [5.41, 5.74) is 2.32. The van der Waals surface area contributed by atoms with Crippen LogP contribution in [0.1, 0.15) is 36.6 Å². The highest BCUT2D eigenvalue weighted by Crippen LogP contribution is 2.45. The van der Waals surface area contributed by atoms with Crippen LogP contribution in [0.4, 0.5) is 0 Å². The molecule has 0 bridgehead atoms. The zero-order valence-corrected chi connectivity index (χ0v) is 12.5. The maximum atomic E-state index is 12.4. The number of nitriles is 1. The lowest BCUT2D eigenvalue weighted by Crippen LogP contribution is -2.38. The van der Waals surface area contributed by atoms with E-state index in [1.165, 1.54) is 0 Å². The van der Waals surface area contributed by atoms with Crippen molar-refractivity contribution in [3.63, 3.8) is 0 Å². The third-order valence-electron chi connectivity index (χ3n) is 4.19. The van der Waals surface area contributed by atoms with E-state index in [9.17, 15) is 4.79 Å². The zero-order valence-electron chi connectivity index (χ0n) is 12.5. The van der Waals surface area contributed by atoms with Crippen molar-refractivity contribution in [3.8, 4) is 6.07 Å². The molecular weight excluding hydrogens is 276 g/mol. The highest BCUT2D eigenvalue weighted by atomic mass is 16.2. The SMILES string of the molecule is C[C@@H](Cc1cnc[nH]1)C(=O)NC1(c2cccc(C#N)c2)CC1. The molecule has 0 spiro atoms. The Morgan fingerprint density at radius 2 is 2.36 bits per heavy atom. The third kappa shape index (κ3) is 2.86. The lowest BCUT2D eigenvalue weighted by molar-refractivity contribution is -0.125. The first-order valence-electron chi connectivity index (χ1n) is 7.43. The molecule has 5 heteroatoms. The van der Waals surface area contributed by atoms with E-state index in [-0.39, 0.29) is 17.4 Å². The molecule has 0 radical (unpaired) electrons. The number of hydrogen-bond acceptors (Lipinski definition) is 3. The van der Waals surface area contributed by atoms with Gasteiger partial charge < -0.3 is 10.3 Å². The van der Waals surface area contributed by atoms with Crippen molar-refractivity contribution in [1.82, 2.24) is 15.3 Å². The Kier molecular flexibility index (Phi) is 3.68. The van der Waals surface area contributed by atoms with Crippen molar-refractivity contribution in [1.29, 1.82) is 5.26 Å². The summed E-state index contributed by atoms with van der Waals surface area (Å²) in [6, 6.07) is 9.65. The van der Waals surface area contributed by atoms with Gasteiger partial charge in [0, 0.05) is 24.2 Å². The fourth-order valence-corrected chi connectivity index (χ4v) is 2.68. The number of aromatic nitrogens is 2. The maximum Gasteiger partial charge on any atom is 0.223 e. The second kappa shape index (κ2) is 5.64. The Labute approximate surface area is 129 Å². The van der Waals surface area contributed by atoms with E-state index in [1.54, 1.807) is 18.6 Å². The summed E-state index contributed by atoms with van der Waals surface area (Å²) in [4.78, 5) is 19.4. The molecule has 1 heterocycles. The minimum absolute atomic E-state index is 0.0365. The van der Waals surface area contributed by atoms with Gasteiger partial charge in [-0.2, -0.15) is 5.26 Å². The summed E-state index contributed by atoms with van der Waals surface area (Å²) < 4.78 is 0. The van der Waals surface area contributed by atoms with Gasteiger partial charge >= 0.3 is 0 Å². The van der Waals surface area contributed by atoms with Crippen LogP contribution < -0.4 is 5.32 Å². The second-order valence-electron chi connectivity index (χ2n) is 5.95. The van der Waals surface area contributed by atoms with E-state index >= 15 is 0 Å². The number of nitrogens with zero attached hydrogens (tertiary/aromatic N) is 2. The Balaban J connectivity index is 1.69. The molecule has 3 rings (SSSR count). The number of amides is 1. The van der Waals surface area contributed by atoms with Crippen LogP contribution in [0.5, 0.6) is 0 Å². The highest BCUT2D eigenvalue weighted by Gasteiger charge is 2.46. The fourth-order valence-electron chi connectivity index (χ4n) is 2.68. The highest BCUT2D eigenvalue weighted by molar-refractivity contribution is 5.80. The van der Waals surface area contributed by atoms with Gasteiger partial charge in [-0.25, -0.2) is 4.98 Å². The topological polar surface area (TPSA) is 81.6 Å². The van der Waals surface area contributed by atoms with Crippen LogP contribution >= 0.6 is 0 Å². The minimum atomic E-state index is -0.286. The van der Waals surface area contributed by atoms with Gasteiger partial charge in [0.2, 0.25) is 5.91 Å². The average molecular weight is 294 g/mol. The van der Waals surface area contributed by atoms with Gasteiger partial charge in [0.25, 0.3) is 0 Å². The fraction of sp³-hybridized carbons (Fsp3) is 0.353. The molecule has 1 aromatic heterocycles. The smallest absolute Gasteiger partial charge is 0.223 e. The standard InChI is InChI=1S/C17H18N4O/c1-12(7-15-10-19-11-20-15)16(22)21-17(5-6-17)14-4-2-3-13(8-14)9-18/h2-4,8,10-12H,5-7H2,1H3,(H,19,20)(H,21,22)/t12-/m0/s1. The van der Waals surface area contributed by atoms with Crippen molar-refractivity contribution in [2.24, 2.45) is 5.92 Å². The summed E-state index contributed by atoms with van der Waals surface area (Å²) in [6.45, 7) is 1.91. The average Bonchev–Trinajstić information content (AvgIpc) is 3.14. The molecule has 1 aliphatic rings. The first kappa shape index (κ1) is 14.3. The van der Waals surface area contributed by atoms with Gasteiger partial charge in [-0.05, 0) is 30.5 Å². The van der Waals surface area contributed by atoms with Crippen LogP contribution in [0, 0.1) is 17.2 Å².